The lowest BCUT2D eigenvalue weighted by Gasteiger charge is -2.28. The van der Waals surface area contributed by atoms with Crippen LogP contribution in [0.15, 0.2) is 10.9 Å². The van der Waals surface area contributed by atoms with Crippen molar-refractivity contribution in [3.8, 4) is 0 Å². The van der Waals surface area contributed by atoms with Crippen LogP contribution in [0.3, 0.4) is 0 Å². The molecule has 0 bridgehead atoms. The molecule has 1 saturated carbocycles. The zero-order valence-corrected chi connectivity index (χ0v) is 15.2. The standard InChI is InChI=1S/C19H27N5O/c1-13-10-15(23(2)22-13)11-24-9-8-17-16(12-24)19(25)21-18(20-17)14-6-4-3-5-7-14/h10,14H,3-9,11-12H2,1-2H3,(H,20,21,25). The Morgan fingerprint density at radius 3 is 2.80 bits per heavy atom. The smallest absolute Gasteiger partial charge is 0.255 e. The van der Waals surface area contributed by atoms with Crippen LogP contribution in [0, 0.1) is 6.92 Å². The van der Waals surface area contributed by atoms with E-state index < -0.39 is 0 Å². The van der Waals surface area contributed by atoms with Gasteiger partial charge in [0.25, 0.3) is 5.56 Å². The van der Waals surface area contributed by atoms with E-state index >= 15 is 0 Å². The quantitative estimate of drug-likeness (QED) is 0.931. The minimum absolute atomic E-state index is 0.0662. The predicted molar refractivity (Wildman–Crippen MR) is 96.4 cm³/mol. The molecule has 25 heavy (non-hydrogen) atoms. The number of hydrogen-bond acceptors (Lipinski definition) is 4. The Morgan fingerprint density at radius 1 is 1.28 bits per heavy atom. The lowest BCUT2D eigenvalue weighted by molar-refractivity contribution is 0.235. The van der Waals surface area contributed by atoms with Crippen LogP contribution in [0.5, 0.6) is 0 Å². The van der Waals surface area contributed by atoms with Crippen LogP contribution in [-0.2, 0) is 26.6 Å². The van der Waals surface area contributed by atoms with Gasteiger partial charge in [0.2, 0.25) is 0 Å². The summed E-state index contributed by atoms with van der Waals surface area (Å²) in [6.45, 7) is 4.45. The Kier molecular flexibility index (Phi) is 4.46. The van der Waals surface area contributed by atoms with E-state index in [2.05, 4.69) is 21.0 Å². The van der Waals surface area contributed by atoms with E-state index in [0.29, 0.717) is 12.5 Å². The zero-order chi connectivity index (χ0) is 17.4. The molecule has 3 heterocycles. The highest BCUT2D eigenvalue weighted by molar-refractivity contribution is 5.22. The van der Waals surface area contributed by atoms with E-state index in [1.807, 2.05) is 18.7 Å². The van der Waals surface area contributed by atoms with Crippen molar-refractivity contribution in [1.29, 1.82) is 0 Å². The van der Waals surface area contributed by atoms with Gasteiger partial charge in [-0.05, 0) is 25.8 Å². The number of H-pyrrole nitrogens is 1. The van der Waals surface area contributed by atoms with Crippen molar-refractivity contribution in [3.05, 3.63) is 44.9 Å². The molecule has 1 aliphatic carbocycles. The van der Waals surface area contributed by atoms with Crippen LogP contribution in [0.1, 0.15) is 66.5 Å². The average Bonchev–Trinajstić information content (AvgIpc) is 2.93. The van der Waals surface area contributed by atoms with Crippen LogP contribution in [0.2, 0.25) is 0 Å². The molecule has 134 valence electrons. The third-order valence-electron chi connectivity index (χ3n) is 5.64. The number of aromatic nitrogens is 4. The fraction of sp³-hybridized carbons (Fsp3) is 0.632. The summed E-state index contributed by atoms with van der Waals surface area (Å²) in [4.78, 5) is 22.9. The van der Waals surface area contributed by atoms with E-state index in [1.165, 1.54) is 25.0 Å². The second-order valence-corrected chi connectivity index (χ2v) is 7.57. The number of nitrogens with zero attached hydrogens (tertiary/aromatic N) is 4. The Bertz CT molecular complexity index is 816. The number of rotatable bonds is 3. The molecule has 2 aliphatic rings. The van der Waals surface area contributed by atoms with Gasteiger partial charge < -0.3 is 4.98 Å². The Labute approximate surface area is 148 Å². The van der Waals surface area contributed by atoms with Crippen LogP contribution < -0.4 is 5.56 Å². The molecule has 1 aliphatic heterocycles. The minimum Gasteiger partial charge on any atom is -0.310 e. The molecule has 0 amide bonds. The van der Waals surface area contributed by atoms with E-state index in [1.54, 1.807) is 0 Å². The molecule has 0 atom stereocenters. The van der Waals surface area contributed by atoms with Gasteiger partial charge in [-0.1, -0.05) is 19.3 Å². The van der Waals surface area contributed by atoms with Gasteiger partial charge in [-0.3, -0.25) is 14.4 Å². The third-order valence-corrected chi connectivity index (χ3v) is 5.64. The van der Waals surface area contributed by atoms with Crippen LogP contribution in [-0.4, -0.2) is 31.2 Å². The molecule has 0 unspecified atom stereocenters. The van der Waals surface area contributed by atoms with Crippen LogP contribution >= 0.6 is 0 Å². The lowest BCUT2D eigenvalue weighted by Crippen LogP contribution is -2.36. The Hall–Kier alpha value is -1.95. The Balaban J connectivity index is 1.53. The first kappa shape index (κ1) is 16.5. The van der Waals surface area contributed by atoms with Gasteiger partial charge in [0.05, 0.1) is 22.6 Å². The summed E-state index contributed by atoms with van der Waals surface area (Å²) >= 11 is 0. The van der Waals surface area contributed by atoms with Crippen molar-refractivity contribution in [1.82, 2.24) is 24.6 Å². The maximum atomic E-state index is 12.7. The minimum atomic E-state index is 0.0662. The normalized spacial score (nSPS) is 19.1. The van der Waals surface area contributed by atoms with Crippen LogP contribution in [0.25, 0.3) is 0 Å². The number of hydrogen-bond donors (Lipinski definition) is 1. The van der Waals surface area contributed by atoms with Gasteiger partial charge in [0.1, 0.15) is 5.82 Å². The first-order valence-electron chi connectivity index (χ1n) is 9.44. The molecule has 6 nitrogen and oxygen atoms in total. The first-order valence-corrected chi connectivity index (χ1v) is 9.44. The molecule has 2 aromatic rings. The van der Waals surface area contributed by atoms with Gasteiger partial charge >= 0.3 is 0 Å². The van der Waals surface area contributed by atoms with E-state index in [0.717, 1.165) is 55.1 Å². The van der Waals surface area contributed by atoms with Crippen molar-refractivity contribution >= 4 is 0 Å². The van der Waals surface area contributed by atoms with Gasteiger partial charge in [-0.15, -0.1) is 0 Å². The second-order valence-electron chi connectivity index (χ2n) is 7.57. The highest BCUT2D eigenvalue weighted by atomic mass is 16.1. The molecule has 0 radical (unpaired) electrons. The van der Waals surface area contributed by atoms with E-state index in [-0.39, 0.29) is 5.56 Å². The topological polar surface area (TPSA) is 66.8 Å². The van der Waals surface area contributed by atoms with Gasteiger partial charge in [0, 0.05) is 39.0 Å². The molecular formula is C19H27N5O. The highest BCUT2D eigenvalue weighted by Gasteiger charge is 2.25. The number of fused-ring (bicyclic) bond motifs is 1. The van der Waals surface area contributed by atoms with Gasteiger partial charge in [0.15, 0.2) is 0 Å². The van der Waals surface area contributed by atoms with Crippen molar-refractivity contribution in [2.45, 2.75) is 64.5 Å². The molecule has 0 spiro atoms. The summed E-state index contributed by atoms with van der Waals surface area (Å²) in [5, 5.41) is 4.41. The molecule has 0 aromatic carbocycles. The molecule has 2 aromatic heterocycles. The van der Waals surface area contributed by atoms with E-state index in [9.17, 15) is 4.79 Å². The van der Waals surface area contributed by atoms with Crippen molar-refractivity contribution in [2.24, 2.45) is 7.05 Å². The van der Waals surface area contributed by atoms with Crippen LogP contribution in [0.4, 0.5) is 0 Å². The molecule has 4 rings (SSSR count). The summed E-state index contributed by atoms with van der Waals surface area (Å²) in [6, 6.07) is 2.12. The predicted octanol–water partition coefficient (Wildman–Crippen LogP) is 2.42. The summed E-state index contributed by atoms with van der Waals surface area (Å²) in [6.07, 6.45) is 7.00. The van der Waals surface area contributed by atoms with Gasteiger partial charge in [-0.25, -0.2) is 4.98 Å². The largest absolute Gasteiger partial charge is 0.310 e. The fourth-order valence-corrected chi connectivity index (χ4v) is 4.25. The monoisotopic (exact) mass is 341 g/mol. The maximum Gasteiger partial charge on any atom is 0.255 e. The summed E-state index contributed by atoms with van der Waals surface area (Å²) in [7, 11) is 1.98. The molecular weight excluding hydrogens is 314 g/mol. The summed E-state index contributed by atoms with van der Waals surface area (Å²) in [5.74, 6) is 1.38. The molecule has 0 saturated heterocycles. The maximum absolute atomic E-state index is 12.7. The number of aryl methyl sites for hydroxylation is 2. The van der Waals surface area contributed by atoms with Gasteiger partial charge in [-0.2, -0.15) is 5.10 Å². The SMILES string of the molecule is Cc1cc(CN2CCc3nc(C4CCCCC4)[nH]c(=O)c3C2)n(C)n1. The van der Waals surface area contributed by atoms with Crippen molar-refractivity contribution in [3.63, 3.8) is 0 Å². The highest BCUT2D eigenvalue weighted by Crippen LogP contribution is 2.30. The van der Waals surface area contributed by atoms with Crippen molar-refractivity contribution in [2.75, 3.05) is 6.54 Å². The molecule has 6 heteroatoms. The number of nitrogens with one attached hydrogen (secondary N) is 1. The number of aromatic amines is 1. The van der Waals surface area contributed by atoms with Crippen molar-refractivity contribution < 1.29 is 0 Å². The average molecular weight is 341 g/mol. The van der Waals surface area contributed by atoms with E-state index in [4.69, 9.17) is 4.98 Å². The summed E-state index contributed by atoms with van der Waals surface area (Å²) < 4.78 is 1.93. The first-order chi connectivity index (χ1) is 12.1. The fourth-order valence-electron chi connectivity index (χ4n) is 4.25. The third kappa shape index (κ3) is 3.40. The molecule has 1 fully saturated rings. The Morgan fingerprint density at radius 2 is 2.08 bits per heavy atom. The second kappa shape index (κ2) is 6.75. The molecule has 1 N–H and O–H groups in total. The lowest BCUT2D eigenvalue weighted by atomic mass is 9.88. The zero-order valence-electron chi connectivity index (χ0n) is 15.2. The summed E-state index contributed by atoms with van der Waals surface area (Å²) in [5.41, 5.74) is 4.15.